The smallest absolute Gasteiger partial charge is 0.333 e. The van der Waals surface area contributed by atoms with Crippen LogP contribution in [0, 0.1) is 0 Å². The van der Waals surface area contributed by atoms with Crippen molar-refractivity contribution in [1.29, 1.82) is 0 Å². The first-order valence-corrected chi connectivity index (χ1v) is 10.2. The molecular formula is C25H21ClN2O2. The van der Waals surface area contributed by atoms with Crippen molar-refractivity contribution in [3.63, 3.8) is 0 Å². The summed E-state index contributed by atoms with van der Waals surface area (Å²) in [5, 5.41) is 5.01. The van der Waals surface area contributed by atoms with Crippen LogP contribution in [0.2, 0.25) is 5.02 Å². The summed E-state index contributed by atoms with van der Waals surface area (Å²) < 4.78 is 5.34. The Hall–Kier alpha value is -3.37. The van der Waals surface area contributed by atoms with Crippen LogP contribution < -0.4 is 5.32 Å². The number of aromatic nitrogens is 1. The van der Waals surface area contributed by atoms with Crippen molar-refractivity contribution in [2.24, 2.45) is 0 Å². The molecule has 0 saturated carbocycles. The van der Waals surface area contributed by atoms with Crippen LogP contribution in [0.4, 0.5) is 5.69 Å². The van der Waals surface area contributed by atoms with Gasteiger partial charge >= 0.3 is 5.97 Å². The second kappa shape index (κ2) is 8.97. The number of anilines is 1. The maximum atomic E-state index is 12.8. The van der Waals surface area contributed by atoms with Crippen molar-refractivity contribution in [3.05, 3.63) is 95.5 Å². The van der Waals surface area contributed by atoms with Gasteiger partial charge in [-0.1, -0.05) is 72.3 Å². The maximum absolute atomic E-state index is 12.8. The van der Waals surface area contributed by atoms with Gasteiger partial charge in [0.25, 0.3) is 0 Å². The first-order valence-electron chi connectivity index (χ1n) is 9.79. The maximum Gasteiger partial charge on any atom is 0.333 e. The zero-order valence-corrected chi connectivity index (χ0v) is 17.3. The number of halogens is 1. The van der Waals surface area contributed by atoms with E-state index in [2.05, 4.69) is 5.32 Å². The summed E-state index contributed by atoms with van der Waals surface area (Å²) in [5.74, 6) is -0.322. The van der Waals surface area contributed by atoms with E-state index in [1.165, 1.54) is 0 Å². The molecule has 0 spiro atoms. The Morgan fingerprint density at radius 1 is 1.00 bits per heavy atom. The van der Waals surface area contributed by atoms with E-state index in [9.17, 15) is 4.79 Å². The minimum atomic E-state index is -0.630. The summed E-state index contributed by atoms with van der Waals surface area (Å²) >= 11 is 6.04. The zero-order chi connectivity index (χ0) is 20.9. The number of fused-ring (bicyclic) bond motifs is 1. The van der Waals surface area contributed by atoms with Crippen LogP contribution in [0.5, 0.6) is 0 Å². The summed E-state index contributed by atoms with van der Waals surface area (Å²) in [6.45, 7) is 2.12. The summed E-state index contributed by atoms with van der Waals surface area (Å²) in [4.78, 5) is 17.6. The van der Waals surface area contributed by atoms with Crippen molar-refractivity contribution < 1.29 is 9.53 Å². The molecule has 0 radical (unpaired) electrons. The molecule has 5 heteroatoms. The highest BCUT2D eigenvalue weighted by Gasteiger charge is 2.23. The molecule has 0 fully saturated rings. The molecule has 0 bridgehead atoms. The number of nitrogens with one attached hydrogen (secondary N) is 1. The van der Waals surface area contributed by atoms with E-state index in [1.807, 2.05) is 84.9 Å². The third kappa shape index (κ3) is 4.29. The van der Waals surface area contributed by atoms with Gasteiger partial charge in [0.2, 0.25) is 0 Å². The second-order valence-electron chi connectivity index (χ2n) is 6.82. The molecule has 0 aliphatic rings. The SMILES string of the molecule is CCOC(=O)[C@@H](Nc1cc(-c2ccc(Cl)cc2)nc2ccccc12)c1ccccc1. The van der Waals surface area contributed by atoms with E-state index in [4.69, 9.17) is 21.3 Å². The Kier molecular flexibility index (Phi) is 5.96. The van der Waals surface area contributed by atoms with Gasteiger partial charge < -0.3 is 10.1 Å². The number of hydrogen-bond donors (Lipinski definition) is 1. The fourth-order valence-corrected chi connectivity index (χ4v) is 3.49. The standard InChI is InChI=1S/C25H21ClN2O2/c1-2-30-25(29)24(18-8-4-3-5-9-18)28-23-16-22(17-12-14-19(26)15-13-17)27-21-11-7-6-10-20(21)23/h3-16,24H,2H2,1H3,(H,27,28)/t24-/m0/s1. The first kappa shape index (κ1) is 19.9. The summed E-state index contributed by atoms with van der Waals surface area (Å²) in [7, 11) is 0. The topological polar surface area (TPSA) is 51.2 Å². The summed E-state index contributed by atoms with van der Waals surface area (Å²) in [6, 6.07) is 26.3. The van der Waals surface area contributed by atoms with Crippen LogP contribution >= 0.6 is 11.6 Å². The first-order chi connectivity index (χ1) is 14.7. The number of benzene rings is 3. The largest absolute Gasteiger partial charge is 0.464 e. The minimum absolute atomic E-state index is 0.316. The number of para-hydroxylation sites is 1. The van der Waals surface area contributed by atoms with Gasteiger partial charge in [-0.3, -0.25) is 0 Å². The van der Waals surface area contributed by atoms with Crippen LogP contribution in [-0.2, 0) is 9.53 Å². The number of carbonyl (C=O) groups excluding carboxylic acids is 1. The molecular weight excluding hydrogens is 396 g/mol. The minimum Gasteiger partial charge on any atom is -0.464 e. The molecule has 1 atom stereocenters. The van der Waals surface area contributed by atoms with E-state index in [1.54, 1.807) is 6.92 Å². The molecule has 4 aromatic rings. The third-order valence-electron chi connectivity index (χ3n) is 4.81. The molecule has 1 N–H and O–H groups in total. The molecule has 0 amide bonds. The Bertz CT molecular complexity index is 1160. The molecule has 150 valence electrons. The zero-order valence-electron chi connectivity index (χ0n) is 16.5. The fraction of sp³-hybridized carbons (Fsp3) is 0.120. The number of ether oxygens (including phenoxy) is 1. The number of nitrogens with zero attached hydrogens (tertiary/aromatic N) is 1. The van der Waals surface area contributed by atoms with Crippen LogP contribution in [0.3, 0.4) is 0 Å². The van der Waals surface area contributed by atoms with E-state index >= 15 is 0 Å². The predicted molar refractivity (Wildman–Crippen MR) is 122 cm³/mol. The number of pyridine rings is 1. The summed E-state index contributed by atoms with van der Waals surface area (Å²) in [6.07, 6.45) is 0. The quantitative estimate of drug-likeness (QED) is 0.376. The predicted octanol–water partition coefficient (Wildman–Crippen LogP) is 6.27. The van der Waals surface area contributed by atoms with E-state index in [-0.39, 0.29) is 5.97 Å². The fourth-order valence-electron chi connectivity index (χ4n) is 3.37. The highest BCUT2D eigenvalue weighted by atomic mass is 35.5. The van der Waals surface area contributed by atoms with Gasteiger partial charge in [-0.25, -0.2) is 9.78 Å². The van der Waals surface area contributed by atoms with E-state index in [0.717, 1.165) is 33.4 Å². The van der Waals surface area contributed by atoms with Crippen LogP contribution in [0.1, 0.15) is 18.5 Å². The number of carbonyl (C=O) groups is 1. The Morgan fingerprint density at radius 3 is 2.43 bits per heavy atom. The van der Waals surface area contributed by atoms with Crippen molar-refractivity contribution in [3.8, 4) is 11.3 Å². The summed E-state index contributed by atoms with van der Waals surface area (Å²) in [5.41, 5.74) is 4.23. The molecule has 1 aromatic heterocycles. The van der Waals surface area contributed by atoms with Crippen molar-refractivity contribution >= 4 is 34.2 Å². The van der Waals surface area contributed by atoms with Gasteiger partial charge in [-0.15, -0.1) is 0 Å². The number of rotatable bonds is 6. The molecule has 0 saturated heterocycles. The number of hydrogen-bond acceptors (Lipinski definition) is 4. The van der Waals surface area contributed by atoms with Gasteiger partial charge in [-0.05, 0) is 36.8 Å². The van der Waals surface area contributed by atoms with Crippen LogP contribution in [-0.4, -0.2) is 17.6 Å². The van der Waals surface area contributed by atoms with Crippen molar-refractivity contribution in [2.45, 2.75) is 13.0 Å². The third-order valence-corrected chi connectivity index (χ3v) is 5.06. The van der Waals surface area contributed by atoms with Crippen molar-refractivity contribution in [2.75, 3.05) is 11.9 Å². The Labute approximate surface area is 180 Å². The van der Waals surface area contributed by atoms with Gasteiger partial charge in [0, 0.05) is 21.7 Å². The molecule has 1 heterocycles. The lowest BCUT2D eigenvalue weighted by atomic mass is 10.0. The molecule has 4 rings (SSSR count). The molecule has 3 aromatic carbocycles. The highest BCUT2D eigenvalue weighted by molar-refractivity contribution is 6.30. The average molecular weight is 417 g/mol. The normalized spacial score (nSPS) is 11.8. The van der Waals surface area contributed by atoms with Crippen LogP contribution in [0.25, 0.3) is 22.2 Å². The monoisotopic (exact) mass is 416 g/mol. The second-order valence-corrected chi connectivity index (χ2v) is 7.26. The molecule has 0 aliphatic heterocycles. The average Bonchev–Trinajstić information content (AvgIpc) is 2.78. The lowest BCUT2D eigenvalue weighted by molar-refractivity contribution is -0.144. The van der Waals surface area contributed by atoms with Gasteiger partial charge in [0.1, 0.15) is 0 Å². The van der Waals surface area contributed by atoms with Gasteiger partial charge in [0.05, 0.1) is 17.8 Å². The molecule has 0 aliphatic carbocycles. The van der Waals surface area contributed by atoms with E-state index < -0.39 is 6.04 Å². The molecule has 30 heavy (non-hydrogen) atoms. The Balaban J connectivity index is 1.81. The Morgan fingerprint density at radius 2 is 1.70 bits per heavy atom. The van der Waals surface area contributed by atoms with Gasteiger partial charge in [0.15, 0.2) is 6.04 Å². The van der Waals surface area contributed by atoms with E-state index in [0.29, 0.717) is 11.6 Å². The van der Waals surface area contributed by atoms with Gasteiger partial charge in [-0.2, -0.15) is 0 Å². The molecule has 0 unspecified atom stereocenters. The van der Waals surface area contributed by atoms with Crippen molar-refractivity contribution in [1.82, 2.24) is 4.98 Å². The molecule has 4 nitrogen and oxygen atoms in total. The highest BCUT2D eigenvalue weighted by Crippen LogP contribution is 2.31. The lowest BCUT2D eigenvalue weighted by Crippen LogP contribution is -2.23. The number of esters is 1. The van der Waals surface area contributed by atoms with Crippen LogP contribution in [0.15, 0.2) is 84.9 Å². The lowest BCUT2D eigenvalue weighted by Gasteiger charge is -2.20.